The van der Waals surface area contributed by atoms with Crippen molar-refractivity contribution >= 4 is 0 Å². The maximum atomic E-state index is 5.21. The van der Waals surface area contributed by atoms with Gasteiger partial charge in [-0.15, -0.1) is 0 Å². The van der Waals surface area contributed by atoms with Gasteiger partial charge in [0.15, 0.2) is 0 Å². The van der Waals surface area contributed by atoms with Crippen molar-refractivity contribution in [1.29, 1.82) is 0 Å². The van der Waals surface area contributed by atoms with Crippen LogP contribution in [0.1, 0.15) is 27.2 Å². The number of nitrogens with zero attached hydrogens (tertiary/aromatic N) is 1. The first-order chi connectivity index (χ1) is 5.76. The van der Waals surface area contributed by atoms with Crippen molar-refractivity contribution in [1.82, 2.24) is 4.90 Å². The van der Waals surface area contributed by atoms with Gasteiger partial charge in [0.1, 0.15) is 0 Å². The lowest BCUT2D eigenvalue weighted by Gasteiger charge is -2.22. The summed E-state index contributed by atoms with van der Waals surface area (Å²) >= 11 is 0. The van der Waals surface area contributed by atoms with Crippen LogP contribution in [0.5, 0.6) is 0 Å². The van der Waals surface area contributed by atoms with E-state index < -0.39 is 0 Å². The van der Waals surface area contributed by atoms with E-state index >= 15 is 0 Å². The molecular weight excluding hydrogens is 150 g/mol. The van der Waals surface area contributed by atoms with Crippen LogP contribution in [0.3, 0.4) is 0 Å². The highest BCUT2D eigenvalue weighted by molar-refractivity contribution is 4.74. The van der Waals surface area contributed by atoms with E-state index in [-0.39, 0.29) is 0 Å². The molecule has 1 saturated heterocycles. The second kappa shape index (κ2) is 4.83. The maximum absolute atomic E-state index is 5.21. The number of epoxide rings is 1. The largest absolute Gasteiger partial charge is 0.372 e. The van der Waals surface area contributed by atoms with Gasteiger partial charge in [-0.05, 0) is 12.5 Å². The SMILES string of the molecule is CCC(C)CN(CC)CC1CO1. The molecule has 0 aromatic carbocycles. The van der Waals surface area contributed by atoms with E-state index in [0.29, 0.717) is 6.10 Å². The van der Waals surface area contributed by atoms with Gasteiger partial charge in [0.25, 0.3) is 0 Å². The molecule has 0 aromatic rings. The molecule has 2 unspecified atom stereocenters. The summed E-state index contributed by atoms with van der Waals surface area (Å²) in [5.41, 5.74) is 0. The van der Waals surface area contributed by atoms with Crippen molar-refractivity contribution in [3.05, 3.63) is 0 Å². The summed E-state index contributed by atoms with van der Waals surface area (Å²) in [6.45, 7) is 11.3. The summed E-state index contributed by atoms with van der Waals surface area (Å²) in [7, 11) is 0. The van der Waals surface area contributed by atoms with Crippen LogP contribution in [0.15, 0.2) is 0 Å². The van der Waals surface area contributed by atoms with E-state index in [4.69, 9.17) is 4.74 Å². The molecule has 2 nitrogen and oxygen atoms in total. The standard InChI is InChI=1S/C10H21NO/c1-4-9(3)6-11(5-2)7-10-8-12-10/h9-10H,4-8H2,1-3H3. The van der Waals surface area contributed by atoms with E-state index in [1.54, 1.807) is 0 Å². The van der Waals surface area contributed by atoms with Gasteiger partial charge < -0.3 is 9.64 Å². The van der Waals surface area contributed by atoms with Gasteiger partial charge in [-0.2, -0.15) is 0 Å². The van der Waals surface area contributed by atoms with Crippen LogP contribution in [-0.4, -0.2) is 37.2 Å². The van der Waals surface area contributed by atoms with Crippen molar-refractivity contribution in [2.75, 3.05) is 26.2 Å². The maximum Gasteiger partial charge on any atom is 0.0936 e. The Morgan fingerprint density at radius 3 is 2.58 bits per heavy atom. The van der Waals surface area contributed by atoms with Crippen LogP contribution in [0.4, 0.5) is 0 Å². The fourth-order valence-corrected chi connectivity index (χ4v) is 1.36. The smallest absolute Gasteiger partial charge is 0.0936 e. The van der Waals surface area contributed by atoms with Gasteiger partial charge in [-0.3, -0.25) is 0 Å². The van der Waals surface area contributed by atoms with E-state index in [0.717, 1.165) is 25.6 Å². The molecule has 2 heteroatoms. The molecule has 0 amide bonds. The van der Waals surface area contributed by atoms with Crippen molar-refractivity contribution in [2.45, 2.75) is 33.3 Å². The predicted octanol–water partition coefficient (Wildman–Crippen LogP) is 1.75. The topological polar surface area (TPSA) is 15.8 Å². The third kappa shape index (κ3) is 3.55. The normalized spacial score (nSPS) is 24.5. The lowest BCUT2D eigenvalue weighted by Crippen LogP contribution is -2.31. The summed E-state index contributed by atoms with van der Waals surface area (Å²) in [5, 5.41) is 0. The Morgan fingerprint density at radius 1 is 1.50 bits per heavy atom. The van der Waals surface area contributed by atoms with Crippen LogP contribution < -0.4 is 0 Å². The average molecular weight is 171 g/mol. The van der Waals surface area contributed by atoms with Crippen molar-refractivity contribution in [3.63, 3.8) is 0 Å². The molecule has 72 valence electrons. The zero-order valence-corrected chi connectivity index (χ0v) is 8.55. The Hall–Kier alpha value is -0.0800. The summed E-state index contributed by atoms with van der Waals surface area (Å²) in [6.07, 6.45) is 1.83. The Bertz CT molecular complexity index is 123. The molecule has 0 saturated carbocycles. The second-order valence-corrected chi connectivity index (χ2v) is 3.82. The molecule has 1 aliphatic heterocycles. The monoisotopic (exact) mass is 171 g/mol. The molecule has 1 aliphatic rings. The minimum atomic E-state index is 0.550. The molecule has 0 bridgehead atoms. The molecule has 1 rings (SSSR count). The lowest BCUT2D eigenvalue weighted by molar-refractivity contribution is 0.221. The van der Waals surface area contributed by atoms with Crippen LogP contribution in [0.2, 0.25) is 0 Å². The Labute approximate surface area is 75.9 Å². The van der Waals surface area contributed by atoms with E-state index in [9.17, 15) is 0 Å². The quantitative estimate of drug-likeness (QED) is 0.566. The second-order valence-electron chi connectivity index (χ2n) is 3.82. The minimum Gasteiger partial charge on any atom is -0.372 e. The third-order valence-corrected chi connectivity index (χ3v) is 2.58. The molecule has 0 aliphatic carbocycles. The van der Waals surface area contributed by atoms with Crippen LogP contribution in [-0.2, 0) is 4.74 Å². The number of hydrogen-bond acceptors (Lipinski definition) is 2. The van der Waals surface area contributed by atoms with Crippen molar-refractivity contribution in [3.8, 4) is 0 Å². The molecule has 0 spiro atoms. The predicted molar refractivity (Wildman–Crippen MR) is 51.3 cm³/mol. The van der Waals surface area contributed by atoms with Crippen LogP contribution >= 0.6 is 0 Å². The number of likely N-dealkylation sites (N-methyl/N-ethyl adjacent to an activating group) is 1. The first-order valence-electron chi connectivity index (χ1n) is 5.10. The zero-order chi connectivity index (χ0) is 8.97. The van der Waals surface area contributed by atoms with E-state index in [2.05, 4.69) is 25.7 Å². The first kappa shape index (κ1) is 10.0. The molecule has 0 radical (unpaired) electrons. The van der Waals surface area contributed by atoms with Crippen LogP contribution in [0, 0.1) is 5.92 Å². The van der Waals surface area contributed by atoms with Crippen LogP contribution in [0.25, 0.3) is 0 Å². The molecule has 12 heavy (non-hydrogen) atoms. The van der Waals surface area contributed by atoms with E-state index in [1.165, 1.54) is 13.0 Å². The highest BCUT2D eigenvalue weighted by Gasteiger charge is 2.24. The first-order valence-corrected chi connectivity index (χ1v) is 5.10. The molecule has 0 aromatic heterocycles. The third-order valence-electron chi connectivity index (χ3n) is 2.58. The number of rotatable bonds is 6. The molecule has 0 N–H and O–H groups in total. The van der Waals surface area contributed by atoms with Gasteiger partial charge in [0.05, 0.1) is 12.7 Å². The average Bonchev–Trinajstić information content (AvgIpc) is 2.86. The molecule has 2 atom stereocenters. The van der Waals surface area contributed by atoms with Gasteiger partial charge in [0, 0.05) is 13.1 Å². The zero-order valence-electron chi connectivity index (χ0n) is 8.55. The van der Waals surface area contributed by atoms with Crippen molar-refractivity contribution < 1.29 is 4.74 Å². The Morgan fingerprint density at radius 2 is 2.17 bits per heavy atom. The summed E-state index contributed by atoms with van der Waals surface area (Å²) < 4.78 is 5.21. The Kier molecular flexibility index (Phi) is 4.02. The molecule has 1 heterocycles. The van der Waals surface area contributed by atoms with Gasteiger partial charge in [0.2, 0.25) is 0 Å². The highest BCUT2D eigenvalue weighted by atomic mass is 16.6. The Balaban J connectivity index is 2.14. The van der Waals surface area contributed by atoms with Gasteiger partial charge >= 0.3 is 0 Å². The van der Waals surface area contributed by atoms with Crippen molar-refractivity contribution in [2.24, 2.45) is 5.92 Å². The summed E-state index contributed by atoms with van der Waals surface area (Å²) in [4.78, 5) is 2.49. The lowest BCUT2D eigenvalue weighted by atomic mass is 10.1. The van der Waals surface area contributed by atoms with E-state index in [1.807, 2.05) is 0 Å². The number of ether oxygens (including phenoxy) is 1. The summed E-state index contributed by atoms with van der Waals surface area (Å²) in [5.74, 6) is 0.823. The molecule has 1 fully saturated rings. The van der Waals surface area contributed by atoms with Gasteiger partial charge in [-0.25, -0.2) is 0 Å². The number of hydrogen-bond donors (Lipinski definition) is 0. The fraction of sp³-hybridized carbons (Fsp3) is 1.00. The highest BCUT2D eigenvalue weighted by Crippen LogP contribution is 2.12. The van der Waals surface area contributed by atoms with Gasteiger partial charge in [-0.1, -0.05) is 27.2 Å². The molecular formula is C10H21NO. The summed E-state index contributed by atoms with van der Waals surface area (Å²) in [6, 6.07) is 0. The minimum absolute atomic E-state index is 0.550. The fourth-order valence-electron chi connectivity index (χ4n) is 1.36.